The summed E-state index contributed by atoms with van der Waals surface area (Å²) in [7, 11) is 1.60. The molecular weight excluding hydrogens is 258 g/mol. The molecule has 0 saturated heterocycles. The van der Waals surface area contributed by atoms with E-state index in [1.807, 2.05) is 30.3 Å². The van der Waals surface area contributed by atoms with Gasteiger partial charge in [-0.25, -0.2) is 0 Å². The molecule has 0 aromatic heterocycles. The Bertz CT molecular complexity index is 589. The van der Waals surface area contributed by atoms with Crippen molar-refractivity contribution in [2.24, 2.45) is 0 Å². The Labute approximate surface area is 118 Å². The molecule has 0 aliphatic rings. The van der Waals surface area contributed by atoms with Crippen LogP contribution in [0.1, 0.15) is 17.0 Å². The second-order valence-corrected chi connectivity index (χ2v) is 4.69. The third-order valence-corrected chi connectivity index (χ3v) is 3.24. The third-order valence-electron chi connectivity index (χ3n) is 3.01. The molecule has 1 unspecified atom stereocenters. The predicted octanol–water partition coefficient (Wildman–Crippen LogP) is 4.20. The van der Waals surface area contributed by atoms with Crippen LogP contribution in [0.3, 0.4) is 0 Å². The van der Waals surface area contributed by atoms with Crippen LogP contribution in [0.25, 0.3) is 0 Å². The van der Waals surface area contributed by atoms with Crippen LogP contribution in [-0.2, 0) is 6.42 Å². The average Bonchev–Trinajstić information content (AvgIpc) is 2.46. The van der Waals surface area contributed by atoms with E-state index < -0.39 is 0 Å². The molecule has 2 nitrogen and oxygen atoms in total. The van der Waals surface area contributed by atoms with E-state index in [1.54, 1.807) is 25.3 Å². The fourth-order valence-electron chi connectivity index (χ4n) is 2.05. The Hall–Kier alpha value is -1.98. The van der Waals surface area contributed by atoms with Crippen molar-refractivity contribution in [2.75, 3.05) is 7.11 Å². The molecule has 0 N–H and O–H groups in total. The summed E-state index contributed by atoms with van der Waals surface area (Å²) in [6.07, 6.45) is 0.647. The molecule has 0 radical (unpaired) electrons. The average molecular weight is 272 g/mol. The lowest BCUT2D eigenvalue weighted by Crippen LogP contribution is -2.03. The fraction of sp³-hybridized carbons (Fsp3) is 0.188. The summed E-state index contributed by atoms with van der Waals surface area (Å²) in [5.41, 5.74) is 1.96. The second-order valence-electron chi connectivity index (χ2n) is 4.26. The lowest BCUT2D eigenvalue weighted by molar-refractivity contribution is 0.408. The molecule has 0 heterocycles. The minimum absolute atomic E-state index is 0.268. The van der Waals surface area contributed by atoms with Gasteiger partial charge in [0.15, 0.2) is 0 Å². The van der Waals surface area contributed by atoms with Crippen LogP contribution in [0.15, 0.2) is 48.5 Å². The van der Waals surface area contributed by atoms with Crippen molar-refractivity contribution in [3.05, 3.63) is 64.7 Å². The number of nitrogens with zero attached hydrogens (tertiary/aromatic N) is 1. The Kier molecular flexibility index (Phi) is 4.43. The molecule has 2 aromatic rings. The summed E-state index contributed by atoms with van der Waals surface area (Å²) in [5, 5.41) is 10.0. The van der Waals surface area contributed by atoms with Crippen molar-refractivity contribution in [3.63, 3.8) is 0 Å². The first-order valence-corrected chi connectivity index (χ1v) is 6.39. The number of hydrogen-bond donors (Lipinski definition) is 0. The molecule has 0 aliphatic heterocycles. The SMILES string of the molecule is COc1ccc(Cl)cc1C(C#N)Cc1ccccc1. The molecule has 0 aliphatic carbocycles. The second kappa shape index (κ2) is 6.26. The van der Waals surface area contributed by atoms with Gasteiger partial charge in [-0.3, -0.25) is 0 Å². The van der Waals surface area contributed by atoms with Gasteiger partial charge in [0.1, 0.15) is 5.75 Å². The molecule has 0 saturated carbocycles. The molecule has 19 heavy (non-hydrogen) atoms. The summed E-state index contributed by atoms with van der Waals surface area (Å²) >= 11 is 6.01. The van der Waals surface area contributed by atoms with Gasteiger partial charge in [0.05, 0.1) is 19.1 Å². The molecule has 2 rings (SSSR count). The molecule has 0 bridgehead atoms. The molecule has 2 aromatic carbocycles. The maximum Gasteiger partial charge on any atom is 0.123 e. The predicted molar refractivity (Wildman–Crippen MR) is 76.5 cm³/mol. The number of benzene rings is 2. The summed E-state index contributed by atoms with van der Waals surface area (Å²) in [6, 6.07) is 17.6. The van der Waals surface area contributed by atoms with E-state index >= 15 is 0 Å². The van der Waals surface area contributed by atoms with Crippen molar-refractivity contribution in [1.29, 1.82) is 5.26 Å². The zero-order valence-corrected chi connectivity index (χ0v) is 11.4. The standard InChI is InChI=1S/C16H14ClNO/c1-19-16-8-7-14(17)10-15(16)13(11-18)9-12-5-3-2-4-6-12/h2-8,10,13H,9H2,1H3. The van der Waals surface area contributed by atoms with Crippen LogP contribution in [0, 0.1) is 11.3 Å². The van der Waals surface area contributed by atoms with Gasteiger partial charge >= 0.3 is 0 Å². The summed E-state index contributed by atoms with van der Waals surface area (Å²) in [4.78, 5) is 0. The highest BCUT2D eigenvalue weighted by molar-refractivity contribution is 6.30. The smallest absolute Gasteiger partial charge is 0.123 e. The number of methoxy groups -OCH3 is 1. The first kappa shape index (κ1) is 13.5. The van der Waals surface area contributed by atoms with Crippen molar-refractivity contribution in [3.8, 4) is 11.8 Å². The maximum absolute atomic E-state index is 9.40. The van der Waals surface area contributed by atoms with Crippen LogP contribution in [-0.4, -0.2) is 7.11 Å². The van der Waals surface area contributed by atoms with E-state index in [4.69, 9.17) is 16.3 Å². The number of halogens is 1. The summed E-state index contributed by atoms with van der Waals surface area (Å²) in [5.74, 6) is 0.433. The third kappa shape index (κ3) is 3.27. The number of ether oxygens (including phenoxy) is 1. The molecule has 0 fully saturated rings. The van der Waals surface area contributed by atoms with E-state index in [2.05, 4.69) is 6.07 Å². The molecule has 3 heteroatoms. The summed E-state index contributed by atoms with van der Waals surface area (Å²) < 4.78 is 5.31. The van der Waals surface area contributed by atoms with E-state index in [1.165, 1.54) is 0 Å². The van der Waals surface area contributed by atoms with Gasteiger partial charge in [-0.1, -0.05) is 41.9 Å². The number of hydrogen-bond acceptors (Lipinski definition) is 2. The Morgan fingerprint density at radius 2 is 1.95 bits per heavy atom. The topological polar surface area (TPSA) is 33.0 Å². The zero-order chi connectivity index (χ0) is 13.7. The Morgan fingerprint density at radius 3 is 2.58 bits per heavy atom. The Balaban J connectivity index is 2.32. The number of rotatable bonds is 4. The largest absolute Gasteiger partial charge is 0.496 e. The lowest BCUT2D eigenvalue weighted by Gasteiger charge is -2.14. The van der Waals surface area contributed by atoms with Crippen LogP contribution in [0.4, 0.5) is 0 Å². The van der Waals surface area contributed by atoms with Crippen molar-refractivity contribution < 1.29 is 4.74 Å². The van der Waals surface area contributed by atoms with E-state index in [0.717, 1.165) is 11.1 Å². The molecule has 96 valence electrons. The lowest BCUT2D eigenvalue weighted by atomic mass is 9.92. The van der Waals surface area contributed by atoms with Gasteiger partial charge < -0.3 is 4.74 Å². The number of nitriles is 1. The van der Waals surface area contributed by atoms with Crippen LogP contribution < -0.4 is 4.74 Å². The zero-order valence-electron chi connectivity index (χ0n) is 10.6. The molecular formula is C16H14ClNO. The van der Waals surface area contributed by atoms with Crippen molar-refractivity contribution in [1.82, 2.24) is 0 Å². The minimum atomic E-state index is -0.268. The minimum Gasteiger partial charge on any atom is -0.496 e. The highest BCUT2D eigenvalue weighted by atomic mass is 35.5. The monoisotopic (exact) mass is 271 g/mol. The fourth-order valence-corrected chi connectivity index (χ4v) is 2.23. The van der Waals surface area contributed by atoms with E-state index in [-0.39, 0.29) is 5.92 Å². The quantitative estimate of drug-likeness (QED) is 0.835. The van der Waals surface area contributed by atoms with Crippen LogP contribution >= 0.6 is 11.6 Å². The van der Waals surface area contributed by atoms with Crippen LogP contribution in [0.5, 0.6) is 5.75 Å². The van der Waals surface area contributed by atoms with E-state index in [9.17, 15) is 5.26 Å². The highest BCUT2D eigenvalue weighted by Crippen LogP contribution is 2.31. The first-order valence-electron chi connectivity index (χ1n) is 6.01. The highest BCUT2D eigenvalue weighted by Gasteiger charge is 2.16. The van der Waals surface area contributed by atoms with Gasteiger partial charge in [0.2, 0.25) is 0 Å². The van der Waals surface area contributed by atoms with Crippen molar-refractivity contribution >= 4 is 11.6 Å². The van der Waals surface area contributed by atoms with Gasteiger partial charge in [-0.15, -0.1) is 0 Å². The van der Waals surface area contributed by atoms with Gasteiger partial charge in [0, 0.05) is 10.6 Å². The maximum atomic E-state index is 9.40. The van der Waals surface area contributed by atoms with Gasteiger partial charge in [-0.2, -0.15) is 5.26 Å². The van der Waals surface area contributed by atoms with Gasteiger partial charge in [-0.05, 0) is 30.2 Å². The molecule has 0 spiro atoms. The first-order chi connectivity index (χ1) is 9.24. The molecule has 1 atom stereocenters. The van der Waals surface area contributed by atoms with Crippen LogP contribution in [0.2, 0.25) is 5.02 Å². The van der Waals surface area contributed by atoms with E-state index in [0.29, 0.717) is 17.2 Å². The Morgan fingerprint density at radius 1 is 1.21 bits per heavy atom. The van der Waals surface area contributed by atoms with Crippen molar-refractivity contribution in [2.45, 2.75) is 12.3 Å². The normalized spacial score (nSPS) is 11.6. The molecule has 0 amide bonds. The summed E-state index contributed by atoms with van der Waals surface area (Å²) in [6.45, 7) is 0. The van der Waals surface area contributed by atoms with Gasteiger partial charge in [0.25, 0.3) is 0 Å².